The van der Waals surface area contributed by atoms with Crippen molar-refractivity contribution in [3.05, 3.63) is 47.2 Å². The minimum Gasteiger partial charge on any atom is -0.459 e. The van der Waals surface area contributed by atoms with Crippen LogP contribution < -0.4 is 5.32 Å². The quantitative estimate of drug-likeness (QED) is 0.911. The number of hydrogen-bond donors (Lipinski definition) is 1. The molecule has 1 aliphatic heterocycles. The molecule has 2 amide bonds. The summed E-state index contributed by atoms with van der Waals surface area (Å²) in [7, 11) is 0. The van der Waals surface area contributed by atoms with Gasteiger partial charge >= 0.3 is 6.03 Å². The van der Waals surface area contributed by atoms with E-state index in [9.17, 15) is 10.1 Å². The van der Waals surface area contributed by atoms with Gasteiger partial charge < -0.3 is 9.73 Å². The van der Waals surface area contributed by atoms with E-state index in [1.54, 1.807) is 31.2 Å². The lowest BCUT2D eigenvalue weighted by molar-refractivity contribution is 0.239. The van der Waals surface area contributed by atoms with Gasteiger partial charge in [0.2, 0.25) is 0 Å². The predicted octanol–water partition coefficient (Wildman–Crippen LogP) is 3.96. The van der Waals surface area contributed by atoms with Crippen molar-refractivity contribution in [1.82, 2.24) is 5.32 Å². The van der Waals surface area contributed by atoms with Crippen molar-refractivity contribution >= 4 is 23.3 Å². The number of nitriles is 1. The number of nitrogens with zero attached hydrogens (tertiary/aromatic N) is 2. The molecule has 0 aliphatic carbocycles. The number of carbonyl (C=O) groups excluding carboxylic acids is 1. The maximum absolute atomic E-state index is 11.6. The Labute approximate surface area is 132 Å². The standard InChI is InChI=1S/C16H12ClN3O2/c1-9-12(8-18)15(20-16(21)19-9)14-7-6-13(22-14)10-2-4-11(17)5-3-10/h2-7,12,15H,1H3,(H,20,21). The van der Waals surface area contributed by atoms with E-state index >= 15 is 0 Å². The van der Waals surface area contributed by atoms with Crippen LogP contribution in [-0.2, 0) is 0 Å². The van der Waals surface area contributed by atoms with Gasteiger partial charge in [-0.05, 0) is 43.3 Å². The lowest BCUT2D eigenvalue weighted by Gasteiger charge is -2.24. The highest BCUT2D eigenvalue weighted by Crippen LogP contribution is 2.31. The molecule has 2 unspecified atom stereocenters. The number of aliphatic imine (C=N–C) groups is 1. The Morgan fingerprint density at radius 2 is 2.00 bits per heavy atom. The fourth-order valence-electron chi connectivity index (χ4n) is 2.41. The third-order valence-corrected chi connectivity index (χ3v) is 3.79. The summed E-state index contributed by atoms with van der Waals surface area (Å²) in [6.45, 7) is 1.67. The van der Waals surface area contributed by atoms with Crippen LogP contribution in [0.3, 0.4) is 0 Å². The highest BCUT2D eigenvalue weighted by molar-refractivity contribution is 6.30. The van der Waals surface area contributed by atoms with Gasteiger partial charge in [-0.3, -0.25) is 0 Å². The van der Waals surface area contributed by atoms with Crippen LogP contribution >= 0.6 is 11.6 Å². The van der Waals surface area contributed by atoms with Crippen molar-refractivity contribution in [3.63, 3.8) is 0 Å². The first-order valence-electron chi connectivity index (χ1n) is 6.69. The van der Waals surface area contributed by atoms with Crippen molar-refractivity contribution < 1.29 is 9.21 Å². The fraction of sp³-hybridized carbons (Fsp3) is 0.188. The molecule has 6 heteroatoms. The second-order valence-corrected chi connectivity index (χ2v) is 5.43. The lowest BCUT2D eigenvalue weighted by atomic mass is 9.93. The summed E-state index contributed by atoms with van der Waals surface area (Å²) in [6.07, 6.45) is 0. The van der Waals surface area contributed by atoms with E-state index in [1.165, 1.54) is 0 Å². The predicted molar refractivity (Wildman–Crippen MR) is 82.6 cm³/mol. The summed E-state index contributed by atoms with van der Waals surface area (Å²) < 4.78 is 5.81. The second kappa shape index (κ2) is 5.66. The first kappa shape index (κ1) is 14.4. The van der Waals surface area contributed by atoms with Crippen LogP contribution in [0.4, 0.5) is 4.79 Å². The van der Waals surface area contributed by atoms with Gasteiger partial charge in [-0.25, -0.2) is 9.79 Å². The van der Waals surface area contributed by atoms with Gasteiger partial charge in [0.25, 0.3) is 0 Å². The molecule has 2 aromatic rings. The van der Waals surface area contributed by atoms with Gasteiger partial charge in [0.15, 0.2) is 0 Å². The van der Waals surface area contributed by atoms with Crippen LogP contribution in [0.5, 0.6) is 0 Å². The van der Waals surface area contributed by atoms with Gasteiger partial charge in [-0.2, -0.15) is 5.26 Å². The van der Waals surface area contributed by atoms with Crippen LogP contribution in [-0.4, -0.2) is 11.7 Å². The number of furan rings is 1. The molecule has 2 heterocycles. The number of halogens is 1. The van der Waals surface area contributed by atoms with Crippen molar-refractivity contribution in [2.45, 2.75) is 13.0 Å². The Balaban J connectivity index is 1.93. The molecular formula is C16H12ClN3O2. The maximum atomic E-state index is 11.6. The van der Waals surface area contributed by atoms with Crippen LogP contribution in [0.2, 0.25) is 5.02 Å². The molecular weight excluding hydrogens is 302 g/mol. The second-order valence-electron chi connectivity index (χ2n) is 5.00. The molecule has 110 valence electrons. The fourth-order valence-corrected chi connectivity index (χ4v) is 2.54. The molecule has 22 heavy (non-hydrogen) atoms. The van der Waals surface area contributed by atoms with Crippen molar-refractivity contribution in [3.8, 4) is 17.4 Å². The Morgan fingerprint density at radius 1 is 1.27 bits per heavy atom. The zero-order chi connectivity index (χ0) is 15.7. The molecule has 0 radical (unpaired) electrons. The summed E-state index contributed by atoms with van der Waals surface area (Å²) in [4.78, 5) is 15.3. The van der Waals surface area contributed by atoms with Crippen LogP contribution in [0.25, 0.3) is 11.3 Å². The average molecular weight is 314 g/mol. The topological polar surface area (TPSA) is 78.4 Å². The average Bonchev–Trinajstić information content (AvgIpc) is 2.97. The Kier molecular flexibility index (Phi) is 3.70. The highest BCUT2D eigenvalue weighted by Gasteiger charge is 2.33. The van der Waals surface area contributed by atoms with Gasteiger partial charge in [-0.15, -0.1) is 0 Å². The molecule has 0 saturated carbocycles. The van der Waals surface area contributed by atoms with E-state index in [-0.39, 0.29) is 0 Å². The van der Waals surface area contributed by atoms with E-state index in [0.717, 1.165) is 5.56 Å². The molecule has 0 bridgehead atoms. The number of amides is 2. The van der Waals surface area contributed by atoms with Crippen LogP contribution in [0.15, 0.2) is 45.8 Å². The van der Waals surface area contributed by atoms with E-state index in [1.807, 2.05) is 12.1 Å². The number of hydrogen-bond acceptors (Lipinski definition) is 3. The van der Waals surface area contributed by atoms with E-state index in [2.05, 4.69) is 16.4 Å². The molecule has 3 rings (SSSR count). The molecule has 1 aromatic carbocycles. The number of urea groups is 1. The molecule has 0 spiro atoms. The highest BCUT2D eigenvalue weighted by atomic mass is 35.5. The minimum absolute atomic E-state index is 0.460. The van der Waals surface area contributed by atoms with Gasteiger partial charge in [0.1, 0.15) is 23.5 Å². The largest absolute Gasteiger partial charge is 0.459 e. The zero-order valence-corrected chi connectivity index (χ0v) is 12.5. The third kappa shape index (κ3) is 2.61. The lowest BCUT2D eigenvalue weighted by Crippen LogP contribution is -2.39. The molecule has 1 N–H and O–H groups in total. The van der Waals surface area contributed by atoms with Crippen LogP contribution in [0.1, 0.15) is 18.7 Å². The van der Waals surface area contributed by atoms with Gasteiger partial charge in [-0.1, -0.05) is 11.6 Å². The summed E-state index contributed by atoms with van der Waals surface area (Å²) >= 11 is 5.87. The molecule has 1 aromatic heterocycles. The summed E-state index contributed by atoms with van der Waals surface area (Å²) in [5, 5.41) is 12.6. The zero-order valence-electron chi connectivity index (χ0n) is 11.7. The van der Waals surface area contributed by atoms with E-state index < -0.39 is 18.0 Å². The molecule has 1 aliphatic rings. The maximum Gasteiger partial charge on any atom is 0.341 e. The Bertz CT molecular complexity index is 786. The molecule has 0 saturated heterocycles. The number of rotatable bonds is 2. The third-order valence-electron chi connectivity index (χ3n) is 3.54. The Hall–Kier alpha value is -2.58. The van der Waals surface area contributed by atoms with Crippen molar-refractivity contribution in [1.29, 1.82) is 5.26 Å². The monoisotopic (exact) mass is 313 g/mol. The summed E-state index contributed by atoms with van der Waals surface area (Å²) in [6, 6.07) is 12.0. The number of benzene rings is 1. The first-order valence-corrected chi connectivity index (χ1v) is 7.07. The first-order chi connectivity index (χ1) is 10.6. The normalized spacial score (nSPS) is 21.0. The van der Waals surface area contributed by atoms with E-state index in [4.69, 9.17) is 16.0 Å². The number of carbonyl (C=O) groups is 1. The van der Waals surface area contributed by atoms with Gasteiger partial charge in [0.05, 0.1) is 6.07 Å². The minimum atomic E-state index is -0.540. The van der Waals surface area contributed by atoms with Gasteiger partial charge in [0, 0.05) is 16.3 Å². The molecule has 0 fully saturated rings. The summed E-state index contributed by atoms with van der Waals surface area (Å²) in [5.41, 5.74) is 1.36. The Morgan fingerprint density at radius 3 is 2.68 bits per heavy atom. The smallest absolute Gasteiger partial charge is 0.341 e. The summed E-state index contributed by atoms with van der Waals surface area (Å²) in [5.74, 6) is 0.638. The van der Waals surface area contributed by atoms with Crippen molar-refractivity contribution in [2.75, 3.05) is 0 Å². The molecule has 2 atom stereocenters. The molecule has 5 nitrogen and oxygen atoms in total. The SMILES string of the molecule is CC1=NC(=O)NC(c2ccc(-c3ccc(Cl)cc3)o2)C1C#N. The van der Waals surface area contributed by atoms with E-state index in [0.29, 0.717) is 22.3 Å². The number of nitrogens with one attached hydrogen (secondary N) is 1. The van der Waals surface area contributed by atoms with Crippen LogP contribution in [0, 0.1) is 17.2 Å². The van der Waals surface area contributed by atoms with Crippen molar-refractivity contribution in [2.24, 2.45) is 10.9 Å².